The molecule has 1 fully saturated rings. The van der Waals surface area contributed by atoms with Crippen LogP contribution in [0.4, 0.5) is 0 Å². The molecule has 0 bridgehead atoms. The van der Waals surface area contributed by atoms with Crippen LogP contribution < -0.4 is 0 Å². The second kappa shape index (κ2) is 4.40. The Balaban J connectivity index is 1.85. The molecule has 5 nitrogen and oxygen atoms in total. The molecule has 2 unspecified atom stereocenters. The summed E-state index contributed by atoms with van der Waals surface area (Å²) >= 11 is 0. The predicted octanol–water partition coefficient (Wildman–Crippen LogP) is 2.74. The van der Waals surface area contributed by atoms with Crippen LogP contribution in [-0.2, 0) is 0 Å². The number of nitrogens with zero attached hydrogens (tertiary/aromatic N) is 3. The summed E-state index contributed by atoms with van der Waals surface area (Å²) in [6, 6.07) is 1.57. The summed E-state index contributed by atoms with van der Waals surface area (Å²) < 4.78 is 5.24. The minimum Gasteiger partial charge on any atom is -0.506 e. The first-order chi connectivity index (χ1) is 8.72. The Bertz CT molecular complexity index is 553. The minimum absolute atomic E-state index is 0.0988. The van der Waals surface area contributed by atoms with Crippen molar-refractivity contribution < 1.29 is 9.63 Å². The molecule has 18 heavy (non-hydrogen) atoms. The maximum Gasteiger partial charge on any atom is 0.259 e. The second-order valence-corrected chi connectivity index (χ2v) is 5.00. The Morgan fingerprint density at radius 2 is 2.22 bits per heavy atom. The van der Waals surface area contributed by atoms with Gasteiger partial charge in [-0.15, -0.1) is 0 Å². The van der Waals surface area contributed by atoms with E-state index in [2.05, 4.69) is 22.0 Å². The van der Waals surface area contributed by atoms with Crippen molar-refractivity contribution in [3.05, 3.63) is 24.3 Å². The van der Waals surface area contributed by atoms with Crippen molar-refractivity contribution in [1.29, 1.82) is 0 Å². The maximum atomic E-state index is 9.38. The minimum atomic E-state index is 0.0988. The molecule has 2 heterocycles. The zero-order valence-electron chi connectivity index (χ0n) is 10.2. The highest BCUT2D eigenvalue weighted by Gasteiger charge is 2.27. The van der Waals surface area contributed by atoms with Crippen LogP contribution in [0.3, 0.4) is 0 Å². The molecule has 0 radical (unpaired) electrons. The van der Waals surface area contributed by atoms with Gasteiger partial charge in [-0.25, -0.2) is 0 Å². The molecule has 1 aliphatic carbocycles. The largest absolute Gasteiger partial charge is 0.506 e. The van der Waals surface area contributed by atoms with Crippen molar-refractivity contribution >= 4 is 0 Å². The van der Waals surface area contributed by atoms with Gasteiger partial charge >= 0.3 is 0 Å². The van der Waals surface area contributed by atoms with Crippen molar-refractivity contribution in [3.63, 3.8) is 0 Å². The summed E-state index contributed by atoms with van der Waals surface area (Å²) in [6.45, 7) is 2.25. The van der Waals surface area contributed by atoms with Gasteiger partial charge in [0.1, 0.15) is 5.75 Å². The molecule has 2 aromatic rings. The third-order valence-electron chi connectivity index (χ3n) is 3.47. The highest BCUT2D eigenvalue weighted by atomic mass is 16.5. The summed E-state index contributed by atoms with van der Waals surface area (Å²) in [6.07, 6.45) is 6.45. The fourth-order valence-electron chi connectivity index (χ4n) is 2.50. The lowest BCUT2D eigenvalue weighted by Gasteiger charge is -2.01. The van der Waals surface area contributed by atoms with Gasteiger partial charge in [0.25, 0.3) is 5.89 Å². The predicted molar refractivity (Wildman–Crippen MR) is 64.9 cm³/mol. The average molecular weight is 245 g/mol. The lowest BCUT2D eigenvalue weighted by atomic mass is 10.1. The first kappa shape index (κ1) is 11.2. The van der Waals surface area contributed by atoms with Gasteiger partial charge in [0.15, 0.2) is 5.82 Å². The number of rotatable bonds is 2. The van der Waals surface area contributed by atoms with Gasteiger partial charge in [-0.05, 0) is 31.2 Å². The number of hydrogen-bond donors (Lipinski definition) is 1. The molecule has 2 aromatic heterocycles. The normalized spacial score (nSPS) is 23.4. The molecule has 3 rings (SSSR count). The molecule has 0 aromatic carbocycles. The summed E-state index contributed by atoms with van der Waals surface area (Å²) in [4.78, 5) is 8.31. The van der Waals surface area contributed by atoms with Gasteiger partial charge in [-0.1, -0.05) is 12.1 Å². The van der Waals surface area contributed by atoms with Crippen molar-refractivity contribution in [2.24, 2.45) is 5.92 Å². The van der Waals surface area contributed by atoms with Crippen LogP contribution >= 0.6 is 0 Å². The van der Waals surface area contributed by atoms with E-state index in [9.17, 15) is 5.11 Å². The van der Waals surface area contributed by atoms with E-state index >= 15 is 0 Å². The van der Waals surface area contributed by atoms with Crippen molar-refractivity contribution in [2.45, 2.75) is 32.1 Å². The summed E-state index contributed by atoms with van der Waals surface area (Å²) in [5.41, 5.74) is 0.653. The summed E-state index contributed by atoms with van der Waals surface area (Å²) in [5.74, 6) is 2.44. The molecule has 1 aliphatic rings. The molecule has 1 N–H and O–H groups in total. The van der Waals surface area contributed by atoms with Gasteiger partial charge in [-0.2, -0.15) is 4.98 Å². The van der Waals surface area contributed by atoms with Crippen LogP contribution in [0.25, 0.3) is 11.5 Å². The van der Waals surface area contributed by atoms with E-state index in [1.165, 1.54) is 12.6 Å². The van der Waals surface area contributed by atoms with Gasteiger partial charge < -0.3 is 9.63 Å². The molecule has 1 saturated carbocycles. The quantitative estimate of drug-likeness (QED) is 0.880. The smallest absolute Gasteiger partial charge is 0.259 e. The lowest BCUT2D eigenvalue weighted by Crippen LogP contribution is -1.96. The van der Waals surface area contributed by atoms with Crippen molar-refractivity contribution in [2.75, 3.05) is 0 Å². The van der Waals surface area contributed by atoms with Crippen LogP contribution in [-0.4, -0.2) is 20.2 Å². The lowest BCUT2D eigenvalue weighted by molar-refractivity contribution is 0.414. The Morgan fingerprint density at radius 1 is 1.33 bits per heavy atom. The molecular formula is C13H15N3O2. The van der Waals surface area contributed by atoms with Crippen LogP contribution in [0.2, 0.25) is 0 Å². The fraction of sp³-hybridized carbons (Fsp3) is 0.462. The molecule has 0 aliphatic heterocycles. The molecular weight excluding hydrogens is 230 g/mol. The first-order valence-electron chi connectivity index (χ1n) is 6.20. The number of aromatic hydroxyl groups is 1. The van der Waals surface area contributed by atoms with E-state index in [1.54, 1.807) is 12.3 Å². The van der Waals surface area contributed by atoms with Crippen LogP contribution in [0.1, 0.15) is 37.9 Å². The van der Waals surface area contributed by atoms with E-state index in [0.29, 0.717) is 17.4 Å². The average Bonchev–Trinajstić information content (AvgIpc) is 2.97. The second-order valence-electron chi connectivity index (χ2n) is 5.00. The topological polar surface area (TPSA) is 72.0 Å². The summed E-state index contributed by atoms with van der Waals surface area (Å²) in [5, 5.41) is 13.4. The Morgan fingerprint density at radius 3 is 2.94 bits per heavy atom. The van der Waals surface area contributed by atoms with E-state index in [4.69, 9.17) is 4.52 Å². The number of pyridine rings is 1. The van der Waals surface area contributed by atoms with Gasteiger partial charge in [-0.3, -0.25) is 4.98 Å². The summed E-state index contributed by atoms with van der Waals surface area (Å²) in [7, 11) is 0. The number of hydrogen-bond acceptors (Lipinski definition) is 5. The number of aromatic nitrogens is 3. The Kier molecular flexibility index (Phi) is 2.74. The third kappa shape index (κ3) is 2.08. The zero-order valence-corrected chi connectivity index (χ0v) is 10.2. The van der Waals surface area contributed by atoms with Crippen LogP contribution in [0.5, 0.6) is 5.75 Å². The molecule has 0 spiro atoms. The fourth-order valence-corrected chi connectivity index (χ4v) is 2.50. The van der Waals surface area contributed by atoms with Crippen molar-refractivity contribution in [1.82, 2.24) is 15.1 Å². The Labute approximate surface area is 105 Å². The highest BCUT2D eigenvalue weighted by molar-refractivity contribution is 5.53. The van der Waals surface area contributed by atoms with E-state index in [-0.39, 0.29) is 5.75 Å². The zero-order chi connectivity index (χ0) is 12.5. The van der Waals surface area contributed by atoms with E-state index < -0.39 is 0 Å². The van der Waals surface area contributed by atoms with E-state index in [0.717, 1.165) is 24.6 Å². The van der Waals surface area contributed by atoms with Crippen molar-refractivity contribution in [3.8, 4) is 17.2 Å². The van der Waals surface area contributed by atoms with Gasteiger partial charge in [0, 0.05) is 12.1 Å². The van der Waals surface area contributed by atoms with Gasteiger partial charge in [0.05, 0.1) is 11.8 Å². The Hall–Kier alpha value is -1.91. The van der Waals surface area contributed by atoms with Crippen LogP contribution in [0, 0.1) is 5.92 Å². The standard InChI is InChI=1S/C13H15N3O2/c1-8-2-3-9(4-8)12-15-13(18-16-12)10-5-11(17)7-14-6-10/h5-9,17H,2-4H2,1H3. The van der Waals surface area contributed by atoms with Crippen LogP contribution in [0.15, 0.2) is 23.0 Å². The highest BCUT2D eigenvalue weighted by Crippen LogP contribution is 2.37. The maximum absolute atomic E-state index is 9.38. The van der Waals surface area contributed by atoms with E-state index in [1.807, 2.05) is 0 Å². The monoisotopic (exact) mass is 245 g/mol. The molecule has 0 saturated heterocycles. The molecule has 0 amide bonds. The molecule has 94 valence electrons. The SMILES string of the molecule is CC1CCC(c2noc(-c3cncc(O)c3)n2)C1. The molecule has 5 heteroatoms. The first-order valence-corrected chi connectivity index (χ1v) is 6.20. The third-order valence-corrected chi connectivity index (χ3v) is 3.47. The molecule has 2 atom stereocenters. The van der Waals surface area contributed by atoms with Gasteiger partial charge in [0.2, 0.25) is 0 Å².